The Morgan fingerprint density at radius 1 is 1.07 bits per heavy atom. The van der Waals surface area contributed by atoms with Gasteiger partial charge in [-0.15, -0.1) is 0 Å². The van der Waals surface area contributed by atoms with Crippen molar-refractivity contribution >= 4 is 5.91 Å². The Morgan fingerprint density at radius 3 is 2.57 bits per heavy atom. The minimum absolute atomic E-state index is 0.0407. The number of amides is 1. The Kier molecular flexibility index (Phi) is 5.88. The van der Waals surface area contributed by atoms with E-state index < -0.39 is 0 Å². The maximum atomic E-state index is 13.1. The summed E-state index contributed by atoms with van der Waals surface area (Å²) in [6, 6.07) is 13.4. The van der Waals surface area contributed by atoms with E-state index in [1.54, 1.807) is 29.2 Å². The average molecular weight is 385 g/mol. The average Bonchev–Trinajstić information content (AvgIpc) is 3.26. The first-order valence-electron chi connectivity index (χ1n) is 9.70. The second-order valence-electron chi connectivity index (χ2n) is 7.13. The minimum Gasteiger partial charge on any atom is -0.491 e. The molecule has 0 bridgehead atoms. The number of carbonyl (C=O) groups excluding carboxylic acids is 1. The van der Waals surface area contributed by atoms with Gasteiger partial charge in [0.25, 0.3) is 5.91 Å². The van der Waals surface area contributed by atoms with E-state index >= 15 is 0 Å². The number of carbonyl (C=O) groups is 1. The van der Waals surface area contributed by atoms with Gasteiger partial charge in [0.1, 0.15) is 24.3 Å². The maximum absolute atomic E-state index is 13.1. The summed E-state index contributed by atoms with van der Waals surface area (Å²) in [5, 5.41) is 0. The molecule has 2 aromatic rings. The van der Waals surface area contributed by atoms with Crippen molar-refractivity contribution in [2.45, 2.75) is 25.0 Å². The number of hydrogen-bond donors (Lipinski definition) is 0. The van der Waals surface area contributed by atoms with Gasteiger partial charge in [-0.05, 0) is 54.8 Å². The fourth-order valence-electron chi connectivity index (χ4n) is 3.55. The molecule has 0 aliphatic carbocycles. The van der Waals surface area contributed by atoms with Crippen LogP contribution in [-0.4, -0.2) is 49.8 Å². The van der Waals surface area contributed by atoms with Crippen molar-refractivity contribution in [2.75, 3.05) is 32.9 Å². The summed E-state index contributed by atoms with van der Waals surface area (Å²) >= 11 is 0. The van der Waals surface area contributed by atoms with Crippen molar-refractivity contribution in [3.63, 3.8) is 0 Å². The van der Waals surface area contributed by atoms with Crippen LogP contribution in [0.1, 0.15) is 34.9 Å². The van der Waals surface area contributed by atoms with Crippen LogP contribution < -0.4 is 4.74 Å². The van der Waals surface area contributed by atoms with Crippen LogP contribution in [0.2, 0.25) is 0 Å². The summed E-state index contributed by atoms with van der Waals surface area (Å²) in [6.45, 7) is 2.78. The molecule has 0 aromatic heterocycles. The molecule has 2 atom stereocenters. The van der Waals surface area contributed by atoms with E-state index in [1.165, 1.54) is 12.1 Å². The second-order valence-corrected chi connectivity index (χ2v) is 7.13. The van der Waals surface area contributed by atoms with Gasteiger partial charge in [0.2, 0.25) is 0 Å². The lowest BCUT2D eigenvalue weighted by Gasteiger charge is -2.33. The highest BCUT2D eigenvalue weighted by Gasteiger charge is 2.26. The quantitative estimate of drug-likeness (QED) is 0.789. The molecule has 0 radical (unpaired) electrons. The number of nitrogens with zero attached hydrogens (tertiary/aromatic N) is 1. The molecule has 2 unspecified atom stereocenters. The van der Waals surface area contributed by atoms with E-state index in [9.17, 15) is 9.18 Å². The van der Waals surface area contributed by atoms with Crippen LogP contribution in [-0.2, 0) is 9.47 Å². The zero-order chi connectivity index (χ0) is 19.3. The number of rotatable bonds is 5. The standard InChI is InChI=1S/C22H24FNO4/c23-18-7-3-16(4-8-18)21-14-24(11-13-27-21)22(25)17-5-9-19(10-6-17)28-15-20-2-1-12-26-20/h3-10,20-21H,1-2,11-15H2. The smallest absolute Gasteiger partial charge is 0.254 e. The zero-order valence-corrected chi connectivity index (χ0v) is 15.7. The van der Waals surface area contributed by atoms with Crippen molar-refractivity contribution < 1.29 is 23.4 Å². The van der Waals surface area contributed by atoms with Crippen LogP contribution in [0.25, 0.3) is 0 Å². The largest absolute Gasteiger partial charge is 0.491 e. The van der Waals surface area contributed by atoms with Crippen molar-refractivity contribution in [1.29, 1.82) is 0 Å². The van der Waals surface area contributed by atoms with Gasteiger partial charge in [-0.25, -0.2) is 4.39 Å². The van der Waals surface area contributed by atoms with Crippen LogP contribution in [0, 0.1) is 5.82 Å². The molecule has 5 nitrogen and oxygen atoms in total. The fourth-order valence-corrected chi connectivity index (χ4v) is 3.55. The first kappa shape index (κ1) is 18.9. The van der Waals surface area contributed by atoms with Crippen LogP contribution >= 0.6 is 0 Å². The Morgan fingerprint density at radius 2 is 1.86 bits per heavy atom. The number of halogens is 1. The predicted octanol–water partition coefficient (Wildman–Crippen LogP) is 3.60. The molecular weight excluding hydrogens is 361 g/mol. The normalized spacial score (nSPS) is 22.2. The van der Waals surface area contributed by atoms with E-state index in [0.29, 0.717) is 31.9 Å². The SMILES string of the molecule is O=C(c1ccc(OCC2CCCO2)cc1)N1CCOC(c2ccc(F)cc2)C1. The van der Waals surface area contributed by atoms with Gasteiger partial charge in [0.15, 0.2) is 0 Å². The molecule has 2 saturated heterocycles. The van der Waals surface area contributed by atoms with Gasteiger partial charge >= 0.3 is 0 Å². The number of hydrogen-bond acceptors (Lipinski definition) is 4. The van der Waals surface area contributed by atoms with Crippen LogP contribution in [0.3, 0.4) is 0 Å². The van der Waals surface area contributed by atoms with Gasteiger partial charge in [0.05, 0.1) is 19.3 Å². The molecule has 1 amide bonds. The van der Waals surface area contributed by atoms with Crippen molar-refractivity contribution in [2.24, 2.45) is 0 Å². The highest BCUT2D eigenvalue weighted by atomic mass is 19.1. The lowest BCUT2D eigenvalue weighted by Crippen LogP contribution is -2.42. The highest BCUT2D eigenvalue weighted by Crippen LogP contribution is 2.24. The van der Waals surface area contributed by atoms with E-state index in [0.717, 1.165) is 30.8 Å². The molecule has 0 saturated carbocycles. The molecular formula is C22H24FNO4. The van der Waals surface area contributed by atoms with Gasteiger partial charge in [-0.2, -0.15) is 0 Å². The molecule has 148 valence electrons. The second kappa shape index (κ2) is 8.71. The molecule has 2 fully saturated rings. The first-order valence-corrected chi connectivity index (χ1v) is 9.70. The Balaban J connectivity index is 1.35. The molecule has 0 spiro atoms. The lowest BCUT2D eigenvalue weighted by molar-refractivity contribution is -0.0228. The minimum atomic E-state index is -0.283. The van der Waals surface area contributed by atoms with E-state index in [2.05, 4.69) is 0 Å². The van der Waals surface area contributed by atoms with Crippen molar-refractivity contribution in [1.82, 2.24) is 4.90 Å². The topological polar surface area (TPSA) is 48.0 Å². The van der Waals surface area contributed by atoms with Gasteiger partial charge in [-0.1, -0.05) is 12.1 Å². The summed E-state index contributed by atoms with van der Waals surface area (Å²) in [5.41, 5.74) is 1.49. The first-order chi connectivity index (χ1) is 13.7. The molecule has 0 N–H and O–H groups in total. The molecule has 2 aliphatic heterocycles. The maximum Gasteiger partial charge on any atom is 0.254 e. The molecule has 4 rings (SSSR count). The van der Waals surface area contributed by atoms with Gasteiger partial charge in [-0.3, -0.25) is 4.79 Å². The fraction of sp³-hybridized carbons (Fsp3) is 0.409. The molecule has 2 aromatic carbocycles. The van der Waals surface area contributed by atoms with Crippen molar-refractivity contribution in [3.05, 3.63) is 65.5 Å². The van der Waals surface area contributed by atoms with Crippen molar-refractivity contribution in [3.8, 4) is 5.75 Å². The van der Waals surface area contributed by atoms with Crippen LogP contribution in [0.15, 0.2) is 48.5 Å². The summed E-state index contributed by atoms with van der Waals surface area (Å²) < 4.78 is 30.2. The zero-order valence-electron chi connectivity index (χ0n) is 15.7. The molecule has 2 aliphatic rings. The monoisotopic (exact) mass is 385 g/mol. The van der Waals surface area contributed by atoms with E-state index in [1.807, 2.05) is 12.1 Å². The van der Waals surface area contributed by atoms with Crippen LogP contribution in [0.4, 0.5) is 4.39 Å². The summed E-state index contributed by atoms with van der Waals surface area (Å²) in [5.74, 6) is 0.411. The molecule has 6 heteroatoms. The lowest BCUT2D eigenvalue weighted by atomic mass is 10.1. The summed E-state index contributed by atoms with van der Waals surface area (Å²) in [7, 11) is 0. The highest BCUT2D eigenvalue weighted by molar-refractivity contribution is 5.94. The third-order valence-corrected chi connectivity index (χ3v) is 5.16. The van der Waals surface area contributed by atoms with E-state index in [-0.39, 0.29) is 23.9 Å². The third kappa shape index (κ3) is 4.51. The Labute approximate surface area is 164 Å². The number of ether oxygens (including phenoxy) is 3. The van der Waals surface area contributed by atoms with Gasteiger partial charge < -0.3 is 19.1 Å². The van der Waals surface area contributed by atoms with Crippen LogP contribution in [0.5, 0.6) is 5.75 Å². The predicted molar refractivity (Wildman–Crippen MR) is 102 cm³/mol. The molecule has 2 heterocycles. The Hall–Kier alpha value is -2.44. The summed E-state index contributed by atoms with van der Waals surface area (Å²) in [6.07, 6.45) is 2.04. The molecule has 28 heavy (non-hydrogen) atoms. The third-order valence-electron chi connectivity index (χ3n) is 5.16. The van der Waals surface area contributed by atoms with E-state index in [4.69, 9.17) is 14.2 Å². The summed E-state index contributed by atoms with van der Waals surface area (Å²) in [4.78, 5) is 14.6. The number of benzene rings is 2. The van der Waals surface area contributed by atoms with Gasteiger partial charge in [0, 0.05) is 18.7 Å². The number of morpholine rings is 1. The Bertz CT molecular complexity index is 787.